The second kappa shape index (κ2) is 5.69. The van der Waals surface area contributed by atoms with E-state index < -0.39 is 6.10 Å². The maximum absolute atomic E-state index is 9.64. The molecule has 0 aliphatic carbocycles. The number of aromatic nitrogens is 3. The van der Waals surface area contributed by atoms with Crippen LogP contribution in [0.4, 0.5) is 0 Å². The molecule has 2 rings (SSSR count). The van der Waals surface area contributed by atoms with Crippen molar-refractivity contribution in [1.29, 1.82) is 0 Å². The number of hydrogen-bond donors (Lipinski definition) is 1. The molecule has 0 saturated heterocycles. The van der Waals surface area contributed by atoms with Gasteiger partial charge < -0.3 is 5.11 Å². The molecule has 0 aliphatic heterocycles. The zero-order chi connectivity index (χ0) is 13.1. The standard InChI is InChI=1S/C12H13Cl2N3O/c1-2-12(18)11-7-17(16-15-11)6-8-5-9(13)3-4-10(8)14/h3-5,7,12,18H,2,6H2,1H3. The molecule has 1 heterocycles. The summed E-state index contributed by atoms with van der Waals surface area (Å²) in [6.07, 6.45) is 1.75. The first-order chi connectivity index (χ1) is 8.60. The average Bonchev–Trinajstić information content (AvgIpc) is 2.81. The molecule has 6 heteroatoms. The van der Waals surface area contributed by atoms with E-state index in [4.69, 9.17) is 23.2 Å². The molecule has 0 saturated carbocycles. The van der Waals surface area contributed by atoms with Gasteiger partial charge in [-0.1, -0.05) is 35.3 Å². The summed E-state index contributed by atoms with van der Waals surface area (Å²) in [5, 5.41) is 18.8. The third-order valence-electron chi connectivity index (χ3n) is 2.62. The van der Waals surface area contributed by atoms with Crippen LogP contribution in [-0.4, -0.2) is 20.1 Å². The van der Waals surface area contributed by atoms with Crippen LogP contribution in [-0.2, 0) is 6.54 Å². The Labute approximate surface area is 115 Å². The van der Waals surface area contributed by atoms with Crippen LogP contribution in [0.3, 0.4) is 0 Å². The fourth-order valence-electron chi connectivity index (χ4n) is 1.59. The molecule has 1 N–H and O–H groups in total. The van der Waals surface area contributed by atoms with Crippen molar-refractivity contribution in [3.8, 4) is 0 Å². The smallest absolute Gasteiger partial charge is 0.111 e. The Hall–Kier alpha value is -1.10. The lowest BCUT2D eigenvalue weighted by molar-refractivity contribution is 0.168. The summed E-state index contributed by atoms with van der Waals surface area (Å²) >= 11 is 12.0. The highest BCUT2D eigenvalue weighted by atomic mass is 35.5. The van der Waals surface area contributed by atoms with E-state index in [0.29, 0.717) is 28.7 Å². The summed E-state index contributed by atoms with van der Waals surface area (Å²) in [5.41, 5.74) is 1.43. The first-order valence-corrected chi connectivity index (χ1v) is 6.37. The van der Waals surface area contributed by atoms with E-state index in [-0.39, 0.29) is 0 Å². The minimum Gasteiger partial charge on any atom is -0.387 e. The average molecular weight is 286 g/mol. The van der Waals surface area contributed by atoms with E-state index in [9.17, 15) is 5.11 Å². The molecular formula is C12H13Cl2N3O. The molecule has 2 aromatic rings. The molecule has 18 heavy (non-hydrogen) atoms. The molecule has 0 aliphatic rings. The van der Waals surface area contributed by atoms with Crippen LogP contribution in [0.1, 0.15) is 30.7 Å². The maximum Gasteiger partial charge on any atom is 0.111 e. The first-order valence-electron chi connectivity index (χ1n) is 5.62. The second-order valence-corrected chi connectivity index (χ2v) is 4.84. The van der Waals surface area contributed by atoms with E-state index >= 15 is 0 Å². The molecule has 0 radical (unpaired) electrons. The van der Waals surface area contributed by atoms with Crippen LogP contribution in [0, 0.1) is 0 Å². The zero-order valence-corrected chi connectivity index (χ0v) is 11.4. The van der Waals surface area contributed by atoms with Crippen molar-refractivity contribution in [1.82, 2.24) is 15.0 Å². The number of benzene rings is 1. The number of nitrogens with zero attached hydrogens (tertiary/aromatic N) is 3. The fourth-order valence-corrected chi connectivity index (χ4v) is 1.96. The van der Waals surface area contributed by atoms with Crippen molar-refractivity contribution in [2.45, 2.75) is 26.0 Å². The summed E-state index contributed by atoms with van der Waals surface area (Å²) in [6, 6.07) is 5.28. The van der Waals surface area contributed by atoms with Crippen LogP contribution in [0.5, 0.6) is 0 Å². The van der Waals surface area contributed by atoms with Gasteiger partial charge in [-0.3, -0.25) is 0 Å². The van der Waals surface area contributed by atoms with Crippen LogP contribution >= 0.6 is 23.2 Å². The Kier molecular flexibility index (Phi) is 4.22. The van der Waals surface area contributed by atoms with Crippen molar-refractivity contribution in [2.75, 3.05) is 0 Å². The molecule has 0 bridgehead atoms. The van der Waals surface area contributed by atoms with Gasteiger partial charge in [-0.25, -0.2) is 4.68 Å². The Bertz CT molecular complexity index is 542. The van der Waals surface area contributed by atoms with E-state index in [1.54, 1.807) is 29.1 Å². The molecule has 0 spiro atoms. The van der Waals surface area contributed by atoms with Crippen molar-refractivity contribution >= 4 is 23.2 Å². The third-order valence-corrected chi connectivity index (χ3v) is 3.23. The lowest BCUT2D eigenvalue weighted by Gasteiger charge is -2.04. The molecule has 0 fully saturated rings. The molecule has 1 aromatic carbocycles. The SMILES string of the molecule is CCC(O)c1cn(Cc2cc(Cl)ccc2Cl)nn1. The quantitative estimate of drug-likeness (QED) is 0.939. The van der Waals surface area contributed by atoms with Crippen LogP contribution in [0.25, 0.3) is 0 Å². The molecule has 96 valence electrons. The van der Waals surface area contributed by atoms with E-state index in [1.807, 2.05) is 6.92 Å². The Morgan fingerprint density at radius 3 is 2.89 bits per heavy atom. The Morgan fingerprint density at radius 2 is 2.17 bits per heavy atom. The predicted molar refractivity (Wildman–Crippen MR) is 70.8 cm³/mol. The number of aliphatic hydroxyl groups is 1. The second-order valence-electron chi connectivity index (χ2n) is 4.00. The molecular weight excluding hydrogens is 273 g/mol. The number of hydrogen-bond acceptors (Lipinski definition) is 3. The minimum absolute atomic E-state index is 0.475. The van der Waals surface area contributed by atoms with Crippen LogP contribution in [0.2, 0.25) is 10.0 Å². The van der Waals surface area contributed by atoms with Crippen molar-refractivity contribution < 1.29 is 5.11 Å². The predicted octanol–water partition coefficient (Wildman–Crippen LogP) is 3.08. The first kappa shape index (κ1) is 13.3. The normalized spacial score (nSPS) is 12.7. The Morgan fingerprint density at radius 1 is 1.39 bits per heavy atom. The minimum atomic E-state index is -0.575. The van der Waals surface area contributed by atoms with Crippen LogP contribution < -0.4 is 0 Å². The van der Waals surface area contributed by atoms with Gasteiger partial charge in [0.15, 0.2) is 0 Å². The summed E-state index contributed by atoms with van der Waals surface area (Å²) in [4.78, 5) is 0. The van der Waals surface area contributed by atoms with E-state index in [1.165, 1.54) is 0 Å². The van der Waals surface area contributed by atoms with E-state index in [2.05, 4.69) is 10.3 Å². The topological polar surface area (TPSA) is 50.9 Å². The van der Waals surface area contributed by atoms with Crippen molar-refractivity contribution in [3.05, 3.63) is 45.7 Å². The number of halogens is 2. The van der Waals surface area contributed by atoms with Gasteiger partial charge in [-0.15, -0.1) is 5.10 Å². The highest BCUT2D eigenvalue weighted by Crippen LogP contribution is 2.21. The summed E-state index contributed by atoms with van der Waals surface area (Å²) in [5.74, 6) is 0. The summed E-state index contributed by atoms with van der Waals surface area (Å²) in [6.45, 7) is 2.36. The number of rotatable bonds is 4. The lowest BCUT2D eigenvalue weighted by Crippen LogP contribution is -2.01. The maximum atomic E-state index is 9.64. The van der Waals surface area contributed by atoms with Gasteiger partial charge >= 0.3 is 0 Å². The monoisotopic (exact) mass is 285 g/mol. The van der Waals surface area contributed by atoms with Gasteiger partial charge in [0.1, 0.15) is 5.69 Å². The molecule has 1 atom stereocenters. The largest absolute Gasteiger partial charge is 0.387 e. The van der Waals surface area contributed by atoms with Gasteiger partial charge in [0.25, 0.3) is 0 Å². The van der Waals surface area contributed by atoms with Crippen molar-refractivity contribution in [3.63, 3.8) is 0 Å². The van der Waals surface area contributed by atoms with Gasteiger partial charge in [0.2, 0.25) is 0 Å². The van der Waals surface area contributed by atoms with Gasteiger partial charge in [0, 0.05) is 10.0 Å². The summed E-state index contributed by atoms with van der Waals surface area (Å²) in [7, 11) is 0. The Balaban J connectivity index is 2.18. The van der Waals surface area contributed by atoms with Gasteiger partial charge in [-0.2, -0.15) is 0 Å². The van der Waals surface area contributed by atoms with Gasteiger partial charge in [-0.05, 0) is 30.2 Å². The zero-order valence-electron chi connectivity index (χ0n) is 9.85. The molecule has 1 unspecified atom stereocenters. The van der Waals surface area contributed by atoms with Gasteiger partial charge in [0.05, 0.1) is 18.8 Å². The van der Waals surface area contributed by atoms with Crippen molar-refractivity contribution in [2.24, 2.45) is 0 Å². The summed E-state index contributed by atoms with van der Waals surface area (Å²) < 4.78 is 1.63. The number of aliphatic hydroxyl groups excluding tert-OH is 1. The molecule has 0 amide bonds. The lowest BCUT2D eigenvalue weighted by atomic mass is 10.2. The molecule has 1 aromatic heterocycles. The molecule has 4 nitrogen and oxygen atoms in total. The highest BCUT2D eigenvalue weighted by molar-refractivity contribution is 6.33. The fraction of sp³-hybridized carbons (Fsp3) is 0.333. The third kappa shape index (κ3) is 3.02. The van der Waals surface area contributed by atoms with Crippen LogP contribution in [0.15, 0.2) is 24.4 Å². The van der Waals surface area contributed by atoms with E-state index in [0.717, 1.165) is 5.56 Å². The highest BCUT2D eigenvalue weighted by Gasteiger charge is 2.10.